The fourth-order valence-corrected chi connectivity index (χ4v) is 4.62. The summed E-state index contributed by atoms with van der Waals surface area (Å²) >= 11 is 2.71. The van der Waals surface area contributed by atoms with Crippen molar-refractivity contribution in [3.05, 3.63) is 90.1 Å². The molecule has 0 saturated heterocycles. The lowest BCUT2D eigenvalue weighted by Crippen LogP contribution is -2.22. The Kier molecular flexibility index (Phi) is 8.12. The molecule has 0 aliphatic heterocycles. The third-order valence-corrected chi connectivity index (χ3v) is 6.68. The van der Waals surface area contributed by atoms with Crippen molar-refractivity contribution >= 4 is 45.7 Å². The molecule has 0 aliphatic carbocycles. The summed E-state index contributed by atoms with van der Waals surface area (Å²) in [5, 5.41) is 7.55. The second kappa shape index (κ2) is 11.6. The fourth-order valence-electron chi connectivity index (χ4n) is 3.03. The van der Waals surface area contributed by atoms with Crippen LogP contribution < -0.4 is 15.4 Å². The predicted octanol–water partition coefficient (Wildman–Crippen LogP) is 6.09. The number of thioether (sulfide) groups is 1. The molecule has 9 heteroatoms. The van der Waals surface area contributed by atoms with Crippen LogP contribution >= 0.6 is 23.1 Å². The zero-order valence-corrected chi connectivity index (χ0v) is 20.4. The molecule has 2 amide bonds. The number of hydrogen-bond donors (Lipinski definition) is 2. The summed E-state index contributed by atoms with van der Waals surface area (Å²) in [5.41, 5.74) is 2.10. The van der Waals surface area contributed by atoms with Crippen molar-refractivity contribution in [2.45, 2.75) is 17.1 Å². The number of amides is 2. The summed E-state index contributed by atoms with van der Waals surface area (Å²) in [4.78, 5) is 30.0. The molecule has 0 fully saturated rings. The van der Waals surface area contributed by atoms with Gasteiger partial charge >= 0.3 is 0 Å². The van der Waals surface area contributed by atoms with E-state index in [0.29, 0.717) is 22.3 Å². The largest absolute Gasteiger partial charge is 0.484 e. The van der Waals surface area contributed by atoms with E-state index >= 15 is 0 Å². The highest BCUT2D eigenvalue weighted by molar-refractivity contribution is 8.00. The van der Waals surface area contributed by atoms with E-state index in [-0.39, 0.29) is 29.5 Å². The summed E-state index contributed by atoms with van der Waals surface area (Å²) < 4.78 is 18.6. The summed E-state index contributed by atoms with van der Waals surface area (Å²) in [7, 11) is 0. The number of hydrogen-bond acceptors (Lipinski definition) is 6. The van der Waals surface area contributed by atoms with Crippen LogP contribution in [0.25, 0.3) is 11.3 Å². The Morgan fingerprint density at radius 1 is 1.00 bits per heavy atom. The van der Waals surface area contributed by atoms with Crippen LogP contribution in [0.2, 0.25) is 0 Å². The van der Waals surface area contributed by atoms with Crippen molar-refractivity contribution in [3.63, 3.8) is 0 Å². The van der Waals surface area contributed by atoms with E-state index in [2.05, 4.69) is 15.6 Å². The SMILES string of the molecule is CC(Sc1ccc(NC(=O)COc2ccccc2)cc1)C(=O)Nc1nc(-c2ccc(F)cc2)cs1. The zero-order chi connectivity index (χ0) is 24.6. The van der Waals surface area contributed by atoms with E-state index in [1.807, 2.05) is 42.6 Å². The van der Waals surface area contributed by atoms with Crippen LogP contribution in [-0.4, -0.2) is 28.7 Å². The van der Waals surface area contributed by atoms with Crippen molar-refractivity contribution in [2.24, 2.45) is 0 Å². The number of carbonyl (C=O) groups is 2. The first-order valence-corrected chi connectivity index (χ1v) is 12.5. The summed E-state index contributed by atoms with van der Waals surface area (Å²) in [5.74, 6) is -0.113. The number of ether oxygens (including phenoxy) is 1. The first-order chi connectivity index (χ1) is 17.0. The molecule has 1 atom stereocenters. The number of thiazole rings is 1. The van der Waals surface area contributed by atoms with Crippen molar-refractivity contribution < 1.29 is 18.7 Å². The third kappa shape index (κ3) is 7.14. The zero-order valence-electron chi connectivity index (χ0n) is 18.7. The second-order valence-corrected chi connectivity index (χ2v) is 9.74. The molecular formula is C26H22FN3O3S2. The van der Waals surface area contributed by atoms with Crippen LogP contribution in [0.1, 0.15) is 6.92 Å². The second-order valence-electron chi connectivity index (χ2n) is 7.47. The quantitative estimate of drug-likeness (QED) is 0.268. The van der Waals surface area contributed by atoms with Gasteiger partial charge in [-0.3, -0.25) is 9.59 Å². The Bertz CT molecular complexity index is 1280. The fraction of sp³-hybridized carbons (Fsp3) is 0.115. The van der Waals surface area contributed by atoms with E-state index in [4.69, 9.17) is 4.74 Å². The molecular weight excluding hydrogens is 485 g/mol. The van der Waals surface area contributed by atoms with E-state index in [1.54, 1.807) is 36.4 Å². The van der Waals surface area contributed by atoms with Crippen LogP contribution in [0.3, 0.4) is 0 Å². The number of nitrogens with zero attached hydrogens (tertiary/aromatic N) is 1. The van der Waals surface area contributed by atoms with Gasteiger partial charge in [0.05, 0.1) is 10.9 Å². The number of halogens is 1. The Balaban J connectivity index is 1.25. The maximum Gasteiger partial charge on any atom is 0.262 e. The molecule has 4 rings (SSSR count). The van der Waals surface area contributed by atoms with Gasteiger partial charge in [-0.25, -0.2) is 9.37 Å². The summed E-state index contributed by atoms with van der Waals surface area (Å²) in [6, 6.07) is 22.4. The standard InChI is InChI=1S/C26H22FN3O3S2/c1-17(25(32)30-26-29-23(16-34-26)18-7-9-19(27)10-8-18)35-22-13-11-20(12-14-22)28-24(31)15-33-21-5-3-2-4-6-21/h2-14,16-17H,15H2,1H3,(H,28,31)(H,29,30,32). The van der Waals surface area contributed by atoms with Gasteiger partial charge in [0, 0.05) is 21.5 Å². The molecule has 4 aromatic rings. The predicted molar refractivity (Wildman–Crippen MR) is 138 cm³/mol. The first-order valence-electron chi connectivity index (χ1n) is 10.7. The van der Waals surface area contributed by atoms with E-state index < -0.39 is 0 Å². The third-order valence-electron chi connectivity index (χ3n) is 4.81. The van der Waals surface area contributed by atoms with Crippen molar-refractivity contribution in [1.82, 2.24) is 4.98 Å². The van der Waals surface area contributed by atoms with Crippen molar-refractivity contribution in [1.29, 1.82) is 0 Å². The number of para-hydroxylation sites is 1. The minimum atomic E-state index is -0.368. The van der Waals surface area contributed by atoms with Gasteiger partial charge < -0.3 is 15.4 Å². The van der Waals surface area contributed by atoms with Crippen molar-refractivity contribution in [2.75, 3.05) is 17.2 Å². The Labute approximate surface area is 210 Å². The van der Waals surface area contributed by atoms with Crippen LogP contribution in [0, 0.1) is 5.82 Å². The molecule has 1 heterocycles. The van der Waals surface area contributed by atoms with Crippen LogP contribution in [0.4, 0.5) is 15.2 Å². The highest BCUT2D eigenvalue weighted by Crippen LogP contribution is 2.28. The molecule has 35 heavy (non-hydrogen) atoms. The van der Waals surface area contributed by atoms with Crippen molar-refractivity contribution in [3.8, 4) is 17.0 Å². The van der Waals surface area contributed by atoms with Crippen LogP contribution in [0.15, 0.2) is 89.1 Å². The average molecular weight is 508 g/mol. The molecule has 1 unspecified atom stereocenters. The van der Waals surface area contributed by atoms with E-state index in [1.165, 1.54) is 35.2 Å². The molecule has 6 nitrogen and oxygen atoms in total. The van der Waals surface area contributed by atoms with Gasteiger partial charge in [-0.2, -0.15) is 0 Å². The maximum absolute atomic E-state index is 13.1. The molecule has 2 N–H and O–H groups in total. The van der Waals surface area contributed by atoms with Gasteiger partial charge in [-0.15, -0.1) is 23.1 Å². The summed E-state index contributed by atoms with van der Waals surface area (Å²) in [6.45, 7) is 1.72. The topological polar surface area (TPSA) is 80.3 Å². The molecule has 0 radical (unpaired) electrons. The molecule has 178 valence electrons. The highest BCUT2D eigenvalue weighted by atomic mass is 32.2. The average Bonchev–Trinajstić information content (AvgIpc) is 3.33. The maximum atomic E-state index is 13.1. The molecule has 3 aromatic carbocycles. The molecule has 0 spiro atoms. The van der Waals surface area contributed by atoms with Gasteiger partial charge in [-0.1, -0.05) is 18.2 Å². The minimum absolute atomic E-state index is 0.0860. The number of rotatable bonds is 9. The Morgan fingerprint density at radius 2 is 1.71 bits per heavy atom. The van der Waals surface area contributed by atoms with Crippen LogP contribution in [-0.2, 0) is 9.59 Å². The highest BCUT2D eigenvalue weighted by Gasteiger charge is 2.17. The first kappa shape index (κ1) is 24.4. The van der Waals surface area contributed by atoms with Gasteiger partial charge in [-0.05, 0) is 67.6 Å². The lowest BCUT2D eigenvalue weighted by atomic mass is 10.2. The number of benzene rings is 3. The summed E-state index contributed by atoms with van der Waals surface area (Å²) in [6.07, 6.45) is 0. The smallest absolute Gasteiger partial charge is 0.262 e. The van der Waals surface area contributed by atoms with Gasteiger partial charge in [0.1, 0.15) is 11.6 Å². The van der Waals surface area contributed by atoms with Crippen LogP contribution in [0.5, 0.6) is 5.75 Å². The monoisotopic (exact) mass is 507 g/mol. The number of carbonyl (C=O) groups excluding carboxylic acids is 2. The number of nitrogens with one attached hydrogen (secondary N) is 2. The Hall–Kier alpha value is -3.69. The van der Waals surface area contributed by atoms with Gasteiger partial charge in [0.25, 0.3) is 5.91 Å². The number of anilines is 2. The molecule has 0 bridgehead atoms. The van der Waals surface area contributed by atoms with Gasteiger partial charge in [0.2, 0.25) is 5.91 Å². The lowest BCUT2D eigenvalue weighted by molar-refractivity contribution is -0.118. The van der Waals surface area contributed by atoms with E-state index in [9.17, 15) is 14.0 Å². The van der Waals surface area contributed by atoms with Gasteiger partial charge in [0.15, 0.2) is 11.7 Å². The minimum Gasteiger partial charge on any atom is -0.484 e. The van der Waals surface area contributed by atoms with E-state index in [0.717, 1.165) is 10.5 Å². The Morgan fingerprint density at radius 3 is 2.43 bits per heavy atom. The molecule has 0 saturated carbocycles. The molecule has 1 aromatic heterocycles. The lowest BCUT2D eigenvalue weighted by Gasteiger charge is -2.11. The molecule has 0 aliphatic rings. The normalized spacial score (nSPS) is 11.5. The number of aromatic nitrogens is 1.